The van der Waals surface area contributed by atoms with E-state index in [-0.39, 0.29) is 0 Å². The van der Waals surface area contributed by atoms with E-state index in [1.165, 1.54) is 0 Å². The van der Waals surface area contributed by atoms with Crippen molar-refractivity contribution < 1.29 is 0 Å². The zero-order valence-electron chi connectivity index (χ0n) is 11.2. The molecule has 0 aliphatic rings. The summed E-state index contributed by atoms with van der Waals surface area (Å²) in [6.07, 6.45) is 5.55. The molecule has 102 valence electrons. The Bertz CT molecular complexity index is 524. The van der Waals surface area contributed by atoms with Crippen molar-refractivity contribution in [1.29, 1.82) is 0 Å². The minimum Gasteiger partial charge on any atom is -0.368 e. The van der Waals surface area contributed by atoms with Gasteiger partial charge in [-0.05, 0) is 19.4 Å². The first-order valence-electron chi connectivity index (χ1n) is 6.45. The summed E-state index contributed by atoms with van der Waals surface area (Å²) in [4.78, 5) is 8.78. The second kappa shape index (κ2) is 6.52. The highest BCUT2D eigenvalue weighted by atomic mass is 35.5. The van der Waals surface area contributed by atoms with Crippen LogP contribution in [0.3, 0.4) is 0 Å². The number of nitrogens with zero attached hydrogens (tertiary/aromatic N) is 4. The number of aryl methyl sites for hydroxylation is 1. The average Bonchev–Trinajstić information content (AvgIpc) is 2.88. The average molecular weight is 280 g/mol. The molecule has 0 radical (unpaired) electrons. The lowest BCUT2D eigenvalue weighted by Crippen LogP contribution is -2.13. The van der Waals surface area contributed by atoms with Crippen LogP contribution in [0.5, 0.6) is 0 Å². The smallest absolute Gasteiger partial charge is 0.137 e. The summed E-state index contributed by atoms with van der Waals surface area (Å²) >= 11 is 6.12. The third-order valence-corrected chi connectivity index (χ3v) is 3.17. The van der Waals surface area contributed by atoms with Gasteiger partial charge in [0.1, 0.15) is 16.8 Å². The molecule has 2 rings (SSSR count). The number of rotatable bonds is 6. The first-order valence-corrected chi connectivity index (χ1v) is 6.82. The van der Waals surface area contributed by atoms with E-state index in [1.807, 2.05) is 23.9 Å². The first kappa shape index (κ1) is 13.8. The number of halogens is 1. The fraction of sp³-hybridized carbons (Fsp3) is 0.462. The van der Waals surface area contributed by atoms with Crippen molar-refractivity contribution in [1.82, 2.24) is 19.7 Å². The van der Waals surface area contributed by atoms with Crippen LogP contribution < -0.4 is 5.32 Å². The van der Waals surface area contributed by atoms with Crippen LogP contribution in [0, 0.1) is 6.92 Å². The molecule has 1 N–H and O–H groups in total. The Morgan fingerprint density at radius 3 is 2.89 bits per heavy atom. The SMILES string of the molecule is CCCc1nc(Cl)c(C)c(NCCn2cccn2)n1. The van der Waals surface area contributed by atoms with Crippen LogP contribution in [-0.2, 0) is 13.0 Å². The molecule has 0 atom stereocenters. The molecule has 2 aromatic heterocycles. The second-order valence-electron chi connectivity index (χ2n) is 4.35. The van der Waals surface area contributed by atoms with E-state index in [1.54, 1.807) is 6.20 Å². The Kier molecular flexibility index (Phi) is 4.74. The lowest BCUT2D eigenvalue weighted by atomic mass is 10.3. The van der Waals surface area contributed by atoms with E-state index in [4.69, 9.17) is 11.6 Å². The third kappa shape index (κ3) is 3.67. The van der Waals surface area contributed by atoms with Gasteiger partial charge in [0.2, 0.25) is 0 Å². The van der Waals surface area contributed by atoms with Crippen LogP contribution in [0.25, 0.3) is 0 Å². The van der Waals surface area contributed by atoms with Gasteiger partial charge in [0.15, 0.2) is 0 Å². The van der Waals surface area contributed by atoms with Crippen molar-refractivity contribution in [3.8, 4) is 0 Å². The first-order chi connectivity index (χ1) is 9.20. The molecule has 19 heavy (non-hydrogen) atoms. The molecule has 0 amide bonds. The van der Waals surface area contributed by atoms with Gasteiger partial charge in [-0.15, -0.1) is 0 Å². The van der Waals surface area contributed by atoms with Gasteiger partial charge in [-0.25, -0.2) is 9.97 Å². The standard InChI is InChI=1S/C13H18ClN5/c1-3-5-11-17-12(14)10(2)13(18-11)15-7-9-19-8-4-6-16-19/h4,6,8H,3,5,7,9H2,1-2H3,(H,15,17,18). The highest BCUT2D eigenvalue weighted by Crippen LogP contribution is 2.20. The van der Waals surface area contributed by atoms with Crippen LogP contribution in [-0.4, -0.2) is 26.3 Å². The van der Waals surface area contributed by atoms with Gasteiger partial charge in [-0.1, -0.05) is 18.5 Å². The Hall–Kier alpha value is -1.62. The Balaban J connectivity index is 2.02. The number of anilines is 1. The Labute approximate surface area is 118 Å². The molecule has 0 aromatic carbocycles. The molecule has 6 heteroatoms. The molecule has 0 aliphatic carbocycles. The number of hydrogen-bond acceptors (Lipinski definition) is 4. The van der Waals surface area contributed by atoms with Crippen LogP contribution >= 0.6 is 11.6 Å². The lowest BCUT2D eigenvalue weighted by Gasteiger charge is -2.11. The zero-order valence-corrected chi connectivity index (χ0v) is 12.0. The van der Waals surface area contributed by atoms with Crippen molar-refractivity contribution in [2.45, 2.75) is 33.2 Å². The molecule has 0 saturated carbocycles. The maximum absolute atomic E-state index is 6.12. The predicted molar refractivity (Wildman–Crippen MR) is 76.5 cm³/mol. The molecule has 0 fully saturated rings. The zero-order chi connectivity index (χ0) is 13.7. The summed E-state index contributed by atoms with van der Waals surface area (Å²) in [7, 11) is 0. The van der Waals surface area contributed by atoms with Gasteiger partial charge in [-0.3, -0.25) is 4.68 Å². The molecule has 0 spiro atoms. The fourth-order valence-corrected chi connectivity index (χ4v) is 1.95. The number of aromatic nitrogens is 4. The largest absolute Gasteiger partial charge is 0.368 e. The van der Waals surface area contributed by atoms with Gasteiger partial charge in [0, 0.05) is 30.9 Å². The molecule has 2 heterocycles. The van der Waals surface area contributed by atoms with E-state index in [2.05, 4.69) is 27.3 Å². The summed E-state index contributed by atoms with van der Waals surface area (Å²) in [6, 6.07) is 1.91. The van der Waals surface area contributed by atoms with Gasteiger partial charge < -0.3 is 5.32 Å². The summed E-state index contributed by atoms with van der Waals surface area (Å²) in [5.74, 6) is 1.61. The predicted octanol–water partition coefficient (Wildman–Crippen LogP) is 2.70. The van der Waals surface area contributed by atoms with Gasteiger partial charge in [-0.2, -0.15) is 5.10 Å². The summed E-state index contributed by atoms with van der Waals surface area (Å²) in [5, 5.41) is 7.97. The second-order valence-corrected chi connectivity index (χ2v) is 4.71. The normalized spacial score (nSPS) is 10.7. The van der Waals surface area contributed by atoms with Crippen molar-refractivity contribution in [3.05, 3.63) is 35.0 Å². The summed E-state index contributed by atoms with van der Waals surface area (Å²) in [6.45, 7) is 5.56. The monoisotopic (exact) mass is 279 g/mol. The Morgan fingerprint density at radius 1 is 1.37 bits per heavy atom. The molecule has 0 unspecified atom stereocenters. The van der Waals surface area contributed by atoms with Gasteiger partial charge in [0.25, 0.3) is 0 Å². The van der Waals surface area contributed by atoms with Crippen molar-refractivity contribution in [3.63, 3.8) is 0 Å². The van der Waals surface area contributed by atoms with Gasteiger partial charge >= 0.3 is 0 Å². The highest BCUT2D eigenvalue weighted by molar-refractivity contribution is 6.30. The van der Waals surface area contributed by atoms with Crippen LogP contribution in [0.1, 0.15) is 24.7 Å². The molecule has 5 nitrogen and oxygen atoms in total. The van der Waals surface area contributed by atoms with E-state index < -0.39 is 0 Å². The van der Waals surface area contributed by atoms with E-state index in [9.17, 15) is 0 Å². The number of hydrogen-bond donors (Lipinski definition) is 1. The molecular formula is C13H18ClN5. The topological polar surface area (TPSA) is 55.6 Å². The number of nitrogens with one attached hydrogen (secondary N) is 1. The minimum absolute atomic E-state index is 0.528. The van der Waals surface area contributed by atoms with E-state index in [0.29, 0.717) is 5.15 Å². The van der Waals surface area contributed by atoms with Gasteiger partial charge in [0.05, 0.1) is 6.54 Å². The highest BCUT2D eigenvalue weighted by Gasteiger charge is 2.08. The van der Waals surface area contributed by atoms with Crippen LogP contribution in [0.15, 0.2) is 18.5 Å². The van der Waals surface area contributed by atoms with Crippen LogP contribution in [0.4, 0.5) is 5.82 Å². The maximum atomic E-state index is 6.12. The lowest BCUT2D eigenvalue weighted by molar-refractivity contribution is 0.636. The summed E-state index contributed by atoms with van der Waals surface area (Å²) in [5.41, 5.74) is 0.891. The molecule has 2 aromatic rings. The third-order valence-electron chi connectivity index (χ3n) is 2.80. The fourth-order valence-electron chi connectivity index (χ4n) is 1.76. The summed E-state index contributed by atoms with van der Waals surface area (Å²) < 4.78 is 1.87. The van der Waals surface area contributed by atoms with Crippen molar-refractivity contribution >= 4 is 17.4 Å². The quantitative estimate of drug-likeness (QED) is 0.826. The van der Waals surface area contributed by atoms with E-state index >= 15 is 0 Å². The van der Waals surface area contributed by atoms with Crippen molar-refractivity contribution in [2.75, 3.05) is 11.9 Å². The molecule has 0 saturated heterocycles. The maximum Gasteiger partial charge on any atom is 0.137 e. The molecule has 0 aliphatic heterocycles. The minimum atomic E-state index is 0.528. The van der Waals surface area contributed by atoms with E-state index in [0.717, 1.165) is 43.1 Å². The Morgan fingerprint density at radius 2 is 2.21 bits per heavy atom. The van der Waals surface area contributed by atoms with Crippen molar-refractivity contribution in [2.24, 2.45) is 0 Å². The molecule has 0 bridgehead atoms. The van der Waals surface area contributed by atoms with Crippen LogP contribution in [0.2, 0.25) is 5.15 Å². The molecular weight excluding hydrogens is 262 g/mol.